The van der Waals surface area contributed by atoms with Crippen LogP contribution in [0.1, 0.15) is 69.8 Å². The molecule has 0 N–H and O–H groups in total. The second kappa shape index (κ2) is 8.93. The smallest absolute Gasteiger partial charge is 0.294 e. The third-order valence-electron chi connectivity index (χ3n) is 5.83. The molecule has 4 amide bonds. The SMILES string of the molecule is CC(C)(C)N1C(=O)C([C@H](CC(=O)c2ccccc2)c2ccccc2)C(=O)N(C(C)(C)C)C1=O. The summed E-state index contributed by atoms with van der Waals surface area (Å²) in [6, 6.07) is 17.3. The third-order valence-corrected chi connectivity index (χ3v) is 5.83. The van der Waals surface area contributed by atoms with Crippen LogP contribution < -0.4 is 0 Å². The maximum Gasteiger partial charge on any atom is 0.334 e. The first-order valence-electron chi connectivity index (χ1n) is 11.2. The molecule has 0 spiro atoms. The number of nitrogens with zero attached hydrogens (tertiary/aromatic N) is 2. The number of amides is 4. The summed E-state index contributed by atoms with van der Waals surface area (Å²) in [4.78, 5) is 56.4. The van der Waals surface area contributed by atoms with Crippen LogP contribution in [0.3, 0.4) is 0 Å². The highest BCUT2D eigenvalue weighted by Gasteiger charge is 2.55. The van der Waals surface area contributed by atoms with Gasteiger partial charge in [0.15, 0.2) is 5.78 Å². The van der Waals surface area contributed by atoms with E-state index in [1.165, 1.54) is 9.80 Å². The lowest BCUT2D eigenvalue weighted by Gasteiger charge is -2.48. The van der Waals surface area contributed by atoms with Crippen LogP contribution in [0.4, 0.5) is 4.79 Å². The van der Waals surface area contributed by atoms with Gasteiger partial charge in [-0.25, -0.2) is 4.79 Å². The Morgan fingerprint density at radius 1 is 0.758 bits per heavy atom. The Balaban J connectivity index is 2.14. The first-order chi connectivity index (χ1) is 15.3. The van der Waals surface area contributed by atoms with Crippen molar-refractivity contribution in [2.24, 2.45) is 5.92 Å². The molecule has 6 nitrogen and oxygen atoms in total. The molecule has 2 aromatic carbocycles. The minimum absolute atomic E-state index is 0.0275. The van der Waals surface area contributed by atoms with E-state index in [1.54, 1.807) is 65.8 Å². The van der Waals surface area contributed by atoms with Crippen molar-refractivity contribution >= 4 is 23.6 Å². The van der Waals surface area contributed by atoms with Gasteiger partial charge in [-0.3, -0.25) is 24.2 Å². The Bertz CT molecular complexity index is 1010. The Morgan fingerprint density at radius 3 is 1.61 bits per heavy atom. The van der Waals surface area contributed by atoms with Gasteiger partial charge in [0.1, 0.15) is 5.92 Å². The standard InChI is InChI=1S/C27H32N2O4/c1-26(2,3)28-23(31)22(24(32)29(25(28)33)27(4,5)6)20(18-13-9-7-10-14-18)17-21(30)19-15-11-8-12-16-19/h7-16,20,22H,17H2,1-6H3/t20-/m1/s1. The Labute approximate surface area is 195 Å². The van der Waals surface area contributed by atoms with Crippen molar-refractivity contribution in [1.82, 2.24) is 9.80 Å². The molecular formula is C27H32N2O4. The van der Waals surface area contributed by atoms with Gasteiger partial charge in [-0.2, -0.15) is 0 Å². The van der Waals surface area contributed by atoms with Gasteiger partial charge in [-0.1, -0.05) is 60.7 Å². The lowest BCUT2D eigenvalue weighted by molar-refractivity contribution is -0.156. The van der Waals surface area contributed by atoms with E-state index in [1.807, 2.05) is 36.4 Å². The van der Waals surface area contributed by atoms with Crippen LogP contribution in [-0.4, -0.2) is 44.5 Å². The maximum absolute atomic E-state index is 13.7. The Morgan fingerprint density at radius 2 is 1.18 bits per heavy atom. The van der Waals surface area contributed by atoms with Crippen LogP contribution in [0, 0.1) is 5.92 Å². The predicted molar refractivity (Wildman–Crippen MR) is 127 cm³/mol. The lowest BCUT2D eigenvalue weighted by atomic mass is 9.77. The number of Topliss-reactive ketones (excluding diaryl/α,β-unsaturated/α-hetero) is 1. The fourth-order valence-corrected chi connectivity index (χ4v) is 4.32. The third kappa shape index (κ3) is 4.90. The maximum atomic E-state index is 13.7. The largest absolute Gasteiger partial charge is 0.334 e. The summed E-state index contributed by atoms with van der Waals surface area (Å²) in [7, 11) is 0. The van der Waals surface area contributed by atoms with E-state index in [2.05, 4.69) is 0 Å². The van der Waals surface area contributed by atoms with Gasteiger partial charge in [0.05, 0.1) is 0 Å². The molecule has 0 aromatic heterocycles. The number of urea groups is 1. The fourth-order valence-electron chi connectivity index (χ4n) is 4.32. The van der Waals surface area contributed by atoms with Crippen molar-refractivity contribution in [1.29, 1.82) is 0 Å². The molecule has 6 heteroatoms. The van der Waals surface area contributed by atoms with Crippen LogP contribution in [0.15, 0.2) is 60.7 Å². The molecular weight excluding hydrogens is 416 g/mol. The second-order valence-electron chi connectivity index (χ2n) is 10.5. The highest BCUT2D eigenvalue weighted by molar-refractivity contribution is 6.17. The molecule has 1 heterocycles. The van der Waals surface area contributed by atoms with Gasteiger partial charge in [0, 0.05) is 29.0 Å². The fraction of sp³-hybridized carbons (Fsp3) is 0.407. The summed E-state index contributed by atoms with van der Waals surface area (Å²) in [6.45, 7) is 10.6. The molecule has 3 rings (SSSR count). The molecule has 1 aliphatic heterocycles. The van der Waals surface area contributed by atoms with E-state index >= 15 is 0 Å². The van der Waals surface area contributed by atoms with Gasteiger partial charge in [-0.15, -0.1) is 0 Å². The average Bonchev–Trinajstić information content (AvgIpc) is 2.72. The zero-order valence-corrected chi connectivity index (χ0v) is 20.2. The highest BCUT2D eigenvalue weighted by atomic mass is 16.2. The molecule has 1 aliphatic rings. The van der Waals surface area contributed by atoms with E-state index in [0.717, 1.165) is 0 Å². The van der Waals surface area contributed by atoms with E-state index in [4.69, 9.17) is 0 Å². The highest BCUT2D eigenvalue weighted by Crippen LogP contribution is 2.39. The molecule has 0 aliphatic carbocycles. The quantitative estimate of drug-likeness (QED) is 0.474. The summed E-state index contributed by atoms with van der Waals surface area (Å²) < 4.78 is 0. The van der Waals surface area contributed by atoms with E-state index in [0.29, 0.717) is 11.1 Å². The Hall–Kier alpha value is -3.28. The van der Waals surface area contributed by atoms with E-state index in [-0.39, 0.29) is 12.2 Å². The van der Waals surface area contributed by atoms with Crippen molar-refractivity contribution in [3.8, 4) is 0 Å². The van der Waals surface area contributed by atoms with Crippen molar-refractivity contribution in [3.05, 3.63) is 71.8 Å². The number of carbonyl (C=O) groups is 4. The zero-order chi connectivity index (χ0) is 24.6. The molecule has 2 aromatic rings. The lowest BCUT2D eigenvalue weighted by Crippen LogP contribution is -2.68. The van der Waals surface area contributed by atoms with Gasteiger partial charge in [-0.05, 0) is 47.1 Å². The normalized spacial score (nSPS) is 16.8. The van der Waals surface area contributed by atoms with E-state index in [9.17, 15) is 19.2 Å². The number of rotatable bonds is 5. The average molecular weight is 449 g/mol. The van der Waals surface area contributed by atoms with Crippen LogP contribution in [0.5, 0.6) is 0 Å². The van der Waals surface area contributed by atoms with Crippen LogP contribution in [0.2, 0.25) is 0 Å². The van der Waals surface area contributed by atoms with Crippen LogP contribution >= 0.6 is 0 Å². The summed E-state index contributed by atoms with van der Waals surface area (Å²) in [5.74, 6) is -3.18. The van der Waals surface area contributed by atoms with Crippen LogP contribution in [0.25, 0.3) is 0 Å². The van der Waals surface area contributed by atoms with Gasteiger partial charge < -0.3 is 0 Å². The first-order valence-corrected chi connectivity index (χ1v) is 11.2. The van der Waals surface area contributed by atoms with Crippen molar-refractivity contribution in [2.45, 2.75) is 65.0 Å². The number of benzene rings is 2. The molecule has 33 heavy (non-hydrogen) atoms. The summed E-state index contributed by atoms with van der Waals surface area (Å²) >= 11 is 0. The number of hydrogen-bond acceptors (Lipinski definition) is 4. The first kappa shape index (κ1) is 24.4. The molecule has 0 saturated carbocycles. The molecule has 0 unspecified atom stereocenters. The van der Waals surface area contributed by atoms with Gasteiger partial charge in [0.25, 0.3) is 0 Å². The minimum Gasteiger partial charge on any atom is -0.294 e. The van der Waals surface area contributed by atoms with Crippen molar-refractivity contribution in [2.75, 3.05) is 0 Å². The summed E-state index contributed by atoms with van der Waals surface area (Å²) in [5, 5.41) is 0. The second-order valence-corrected chi connectivity index (χ2v) is 10.5. The summed E-state index contributed by atoms with van der Waals surface area (Å²) in [5.41, 5.74) is -0.432. The number of imide groups is 2. The molecule has 1 saturated heterocycles. The van der Waals surface area contributed by atoms with Crippen LogP contribution in [-0.2, 0) is 9.59 Å². The Kier molecular flexibility index (Phi) is 6.59. The molecule has 174 valence electrons. The topological polar surface area (TPSA) is 74.8 Å². The van der Waals surface area contributed by atoms with Gasteiger partial charge >= 0.3 is 6.03 Å². The number of carbonyl (C=O) groups excluding carboxylic acids is 4. The van der Waals surface area contributed by atoms with Crippen molar-refractivity contribution < 1.29 is 19.2 Å². The van der Waals surface area contributed by atoms with E-state index < -0.39 is 40.8 Å². The number of hydrogen-bond donors (Lipinski definition) is 0. The molecule has 1 atom stereocenters. The molecule has 1 fully saturated rings. The summed E-state index contributed by atoms with van der Waals surface area (Å²) in [6.07, 6.45) is -0.0275. The van der Waals surface area contributed by atoms with Gasteiger partial charge in [0.2, 0.25) is 11.8 Å². The minimum atomic E-state index is -1.18. The number of ketones is 1. The molecule has 0 radical (unpaired) electrons. The zero-order valence-electron chi connectivity index (χ0n) is 20.2. The monoisotopic (exact) mass is 448 g/mol. The molecule has 0 bridgehead atoms. The predicted octanol–water partition coefficient (Wildman–Crippen LogP) is 5.05. The number of barbiturate groups is 1. The van der Waals surface area contributed by atoms with Crippen molar-refractivity contribution in [3.63, 3.8) is 0 Å².